The maximum absolute atomic E-state index is 12.8. The normalized spacial score (nSPS) is 16.9. The Labute approximate surface area is 178 Å². The van der Waals surface area contributed by atoms with E-state index in [1.807, 2.05) is 19.1 Å². The lowest BCUT2D eigenvalue weighted by Crippen LogP contribution is -2.47. The fraction of sp³-hybridized carbons (Fsp3) is 0.458. The number of methoxy groups -OCH3 is 1. The molecule has 1 aliphatic carbocycles. The lowest BCUT2D eigenvalue weighted by Gasteiger charge is -2.36. The van der Waals surface area contributed by atoms with Crippen LogP contribution in [0.2, 0.25) is 0 Å². The van der Waals surface area contributed by atoms with Crippen LogP contribution in [0.3, 0.4) is 0 Å². The predicted octanol–water partition coefficient (Wildman–Crippen LogP) is 3.88. The average molecular weight is 410 g/mol. The summed E-state index contributed by atoms with van der Waals surface area (Å²) in [5, 5.41) is 3.01. The van der Waals surface area contributed by atoms with Gasteiger partial charge in [-0.15, -0.1) is 0 Å². The van der Waals surface area contributed by atoms with Gasteiger partial charge in [-0.1, -0.05) is 6.07 Å². The van der Waals surface area contributed by atoms with Crippen LogP contribution in [0, 0.1) is 5.92 Å². The SMILES string of the molecule is CCOc1ccc(C(=O)Nc2cccc(N3CCN(CC4CC4)CC3)c2)cc1OC. The number of carbonyl (C=O) groups is 1. The van der Waals surface area contributed by atoms with E-state index in [2.05, 4.69) is 27.2 Å². The number of amides is 1. The third-order valence-electron chi connectivity index (χ3n) is 5.78. The van der Waals surface area contributed by atoms with Gasteiger partial charge in [-0.3, -0.25) is 9.69 Å². The van der Waals surface area contributed by atoms with E-state index < -0.39 is 0 Å². The predicted molar refractivity (Wildman–Crippen MR) is 120 cm³/mol. The molecule has 1 saturated heterocycles. The second-order valence-corrected chi connectivity index (χ2v) is 8.03. The Kier molecular flexibility index (Phi) is 6.43. The summed E-state index contributed by atoms with van der Waals surface area (Å²) in [7, 11) is 1.58. The van der Waals surface area contributed by atoms with Crippen LogP contribution in [0.25, 0.3) is 0 Å². The number of nitrogens with zero attached hydrogens (tertiary/aromatic N) is 2. The van der Waals surface area contributed by atoms with E-state index in [1.54, 1.807) is 25.3 Å². The van der Waals surface area contributed by atoms with E-state index in [-0.39, 0.29) is 5.91 Å². The standard InChI is InChI=1S/C24H31N3O3/c1-3-30-22-10-9-19(15-23(22)29-2)24(28)25-20-5-4-6-21(16-20)27-13-11-26(12-14-27)17-18-7-8-18/h4-6,9-10,15-16,18H,3,7-8,11-14,17H2,1-2H3,(H,25,28). The third kappa shape index (κ3) is 5.05. The van der Waals surface area contributed by atoms with Gasteiger partial charge in [0.1, 0.15) is 0 Å². The molecule has 0 aromatic heterocycles. The zero-order chi connectivity index (χ0) is 20.9. The average Bonchev–Trinajstić information content (AvgIpc) is 3.59. The van der Waals surface area contributed by atoms with Crippen molar-refractivity contribution in [3.05, 3.63) is 48.0 Å². The molecular formula is C24H31N3O3. The summed E-state index contributed by atoms with van der Waals surface area (Å²) in [6.45, 7) is 8.00. The maximum Gasteiger partial charge on any atom is 0.255 e. The number of anilines is 2. The maximum atomic E-state index is 12.8. The summed E-state index contributed by atoms with van der Waals surface area (Å²) >= 11 is 0. The van der Waals surface area contributed by atoms with Gasteiger partial charge in [0.15, 0.2) is 11.5 Å². The number of carbonyl (C=O) groups excluding carboxylic acids is 1. The number of ether oxygens (including phenoxy) is 2. The van der Waals surface area contributed by atoms with Crippen molar-refractivity contribution < 1.29 is 14.3 Å². The van der Waals surface area contributed by atoms with Crippen LogP contribution in [-0.4, -0.2) is 57.2 Å². The molecule has 0 atom stereocenters. The zero-order valence-electron chi connectivity index (χ0n) is 17.9. The van der Waals surface area contributed by atoms with Crippen molar-refractivity contribution in [3.63, 3.8) is 0 Å². The second-order valence-electron chi connectivity index (χ2n) is 8.03. The molecule has 1 aliphatic heterocycles. The molecule has 0 unspecified atom stereocenters. The summed E-state index contributed by atoms with van der Waals surface area (Å²) in [6.07, 6.45) is 2.81. The van der Waals surface area contributed by atoms with Crippen molar-refractivity contribution in [1.82, 2.24) is 4.90 Å². The van der Waals surface area contributed by atoms with E-state index >= 15 is 0 Å². The molecule has 2 fully saturated rings. The lowest BCUT2D eigenvalue weighted by atomic mass is 10.1. The van der Waals surface area contributed by atoms with Crippen molar-refractivity contribution in [3.8, 4) is 11.5 Å². The molecule has 1 heterocycles. The fourth-order valence-electron chi connectivity index (χ4n) is 3.92. The second kappa shape index (κ2) is 9.39. The van der Waals surface area contributed by atoms with Gasteiger partial charge in [0.2, 0.25) is 0 Å². The molecule has 0 bridgehead atoms. The Bertz CT molecular complexity index is 874. The summed E-state index contributed by atoms with van der Waals surface area (Å²) in [6, 6.07) is 13.3. The molecule has 1 saturated carbocycles. The monoisotopic (exact) mass is 409 g/mol. The minimum Gasteiger partial charge on any atom is -0.493 e. The van der Waals surface area contributed by atoms with E-state index in [1.165, 1.54) is 19.4 Å². The summed E-state index contributed by atoms with van der Waals surface area (Å²) in [5.74, 6) is 1.97. The van der Waals surface area contributed by atoms with Crippen LogP contribution in [0.15, 0.2) is 42.5 Å². The van der Waals surface area contributed by atoms with Gasteiger partial charge in [-0.25, -0.2) is 0 Å². The summed E-state index contributed by atoms with van der Waals surface area (Å²) in [5.41, 5.74) is 2.49. The molecule has 160 valence electrons. The number of hydrogen-bond acceptors (Lipinski definition) is 5. The largest absolute Gasteiger partial charge is 0.493 e. The van der Waals surface area contributed by atoms with Gasteiger partial charge in [-0.05, 0) is 62.1 Å². The molecule has 2 aromatic rings. The Hall–Kier alpha value is -2.73. The van der Waals surface area contributed by atoms with Crippen LogP contribution in [-0.2, 0) is 0 Å². The highest BCUT2D eigenvalue weighted by Crippen LogP contribution is 2.31. The topological polar surface area (TPSA) is 54.0 Å². The first kappa shape index (κ1) is 20.5. The Morgan fingerprint density at radius 3 is 2.57 bits per heavy atom. The van der Waals surface area contributed by atoms with Gasteiger partial charge in [0.05, 0.1) is 13.7 Å². The van der Waals surface area contributed by atoms with Crippen molar-refractivity contribution in [2.45, 2.75) is 19.8 Å². The van der Waals surface area contributed by atoms with Gasteiger partial charge in [-0.2, -0.15) is 0 Å². The minimum atomic E-state index is -0.164. The van der Waals surface area contributed by atoms with Crippen LogP contribution < -0.4 is 19.7 Å². The van der Waals surface area contributed by atoms with Crippen molar-refractivity contribution in [1.29, 1.82) is 0 Å². The van der Waals surface area contributed by atoms with Gasteiger partial charge < -0.3 is 19.7 Å². The molecular weight excluding hydrogens is 378 g/mol. The molecule has 1 amide bonds. The molecule has 0 radical (unpaired) electrons. The lowest BCUT2D eigenvalue weighted by molar-refractivity contribution is 0.102. The quantitative estimate of drug-likeness (QED) is 0.717. The number of hydrogen-bond donors (Lipinski definition) is 1. The molecule has 2 aliphatic rings. The highest BCUT2D eigenvalue weighted by molar-refractivity contribution is 6.04. The van der Waals surface area contributed by atoms with Gasteiger partial charge in [0.25, 0.3) is 5.91 Å². The smallest absolute Gasteiger partial charge is 0.255 e. The minimum absolute atomic E-state index is 0.164. The van der Waals surface area contributed by atoms with Crippen LogP contribution in [0.1, 0.15) is 30.1 Å². The Morgan fingerprint density at radius 2 is 1.87 bits per heavy atom. The molecule has 6 nitrogen and oxygen atoms in total. The fourth-order valence-corrected chi connectivity index (χ4v) is 3.92. The third-order valence-corrected chi connectivity index (χ3v) is 5.78. The highest BCUT2D eigenvalue weighted by atomic mass is 16.5. The van der Waals surface area contributed by atoms with Crippen LogP contribution in [0.4, 0.5) is 11.4 Å². The number of nitrogens with one attached hydrogen (secondary N) is 1. The molecule has 0 spiro atoms. The first-order valence-electron chi connectivity index (χ1n) is 10.9. The number of rotatable bonds is 8. The first-order chi connectivity index (χ1) is 14.7. The van der Waals surface area contributed by atoms with Gasteiger partial charge >= 0.3 is 0 Å². The Morgan fingerprint density at radius 1 is 1.07 bits per heavy atom. The van der Waals surface area contributed by atoms with Crippen LogP contribution >= 0.6 is 0 Å². The van der Waals surface area contributed by atoms with Crippen LogP contribution in [0.5, 0.6) is 11.5 Å². The van der Waals surface area contributed by atoms with Crippen molar-refractivity contribution in [2.75, 3.05) is 56.7 Å². The first-order valence-corrected chi connectivity index (χ1v) is 10.9. The molecule has 6 heteroatoms. The number of benzene rings is 2. The summed E-state index contributed by atoms with van der Waals surface area (Å²) < 4.78 is 10.9. The summed E-state index contributed by atoms with van der Waals surface area (Å²) in [4.78, 5) is 17.7. The van der Waals surface area contributed by atoms with Gasteiger partial charge in [0, 0.05) is 49.7 Å². The molecule has 4 rings (SSSR count). The van der Waals surface area contributed by atoms with E-state index in [0.29, 0.717) is 23.7 Å². The van der Waals surface area contributed by atoms with E-state index in [0.717, 1.165) is 43.5 Å². The number of piperazine rings is 1. The van der Waals surface area contributed by atoms with Crippen molar-refractivity contribution in [2.24, 2.45) is 5.92 Å². The zero-order valence-corrected chi connectivity index (χ0v) is 17.9. The molecule has 1 N–H and O–H groups in total. The van der Waals surface area contributed by atoms with E-state index in [9.17, 15) is 4.79 Å². The Balaban J connectivity index is 1.38. The molecule has 2 aromatic carbocycles. The molecule has 30 heavy (non-hydrogen) atoms. The highest BCUT2D eigenvalue weighted by Gasteiger charge is 2.26. The van der Waals surface area contributed by atoms with E-state index in [4.69, 9.17) is 9.47 Å². The van der Waals surface area contributed by atoms with Crippen molar-refractivity contribution >= 4 is 17.3 Å².